The van der Waals surface area contributed by atoms with Gasteiger partial charge in [0.1, 0.15) is 12.4 Å². The molecule has 0 saturated carbocycles. The minimum Gasteiger partial charge on any atom is -0.487 e. The van der Waals surface area contributed by atoms with Crippen molar-refractivity contribution in [1.82, 2.24) is 9.88 Å². The van der Waals surface area contributed by atoms with Gasteiger partial charge in [-0.1, -0.05) is 12.1 Å². The third-order valence-electron chi connectivity index (χ3n) is 4.42. The Bertz CT molecular complexity index is 785. The molecule has 0 N–H and O–H groups in total. The summed E-state index contributed by atoms with van der Waals surface area (Å²) in [5.41, 5.74) is 1.87. The van der Waals surface area contributed by atoms with Gasteiger partial charge in [-0.3, -0.25) is 4.79 Å². The van der Waals surface area contributed by atoms with Gasteiger partial charge >= 0.3 is 0 Å². The Morgan fingerprint density at radius 3 is 3.11 bits per heavy atom. The molecule has 5 nitrogen and oxygen atoms in total. The molecule has 1 aromatic heterocycles. The highest BCUT2D eigenvalue weighted by atomic mass is 32.1. The van der Waals surface area contributed by atoms with Crippen LogP contribution in [0.3, 0.4) is 0 Å². The van der Waals surface area contributed by atoms with E-state index in [0.29, 0.717) is 19.8 Å². The molecule has 1 unspecified atom stereocenters. The minimum atomic E-state index is 0.0312. The lowest BCUT2D eigenvalue weighted by atomic mass is 10.1. The van der Waals surface area contributed by atoms with Crippen LogP contribution in [0.15, 0.2) is 35.7 Å². The predicted octanol–water partition coefficient (Wildman–Crippen LogP) is 4.07. The Morgan fingerprint density at radius 2 is 2.33 bits per heavy atom. The second kappa shape index (κ2) is 9.67. The Labute approximate surface area is 164 Å². The molecule has 3 rings (SSSR count). The molecule has 1 fully saturated rings. The number of thiazole rings is 1. The van der Waals surface area contributed by atoms with Crippen LogP contribution in [0.1, 0.15) is 36.0 Å². The zero-order valence-corrected chi connectivity index (χ0v) is 16.7. The van der Waals surface area contributed by atoms with E-state index in [-0.39, 0.29) is 12.0 Å². The van der Waals surface area contributed by atoms with Crippen molar-refractivity contribution in [3.8, 4) is 5.75 Å². The molecule has 1 atom stereocenters. The van der Waals surface area contributed by atoms with Crippen LogP contribution in [0, 0.1) is 6.92 Å². The molecular weight excluding hydrogens is 360 g/mol. The van der Waals surface area contributed by atoms with Crippen molar-refractivity contribution in [1.29, 1.82) is 0 Å². The fraction of sp³-hybridized carbons (Fsp3) is 0.429. The number of aromatic nitrogens is 1. The lowest BCUT2D eigenvalue weighted by Crippen LogP contribution is -2.42. The topological polar surface area (TPSA) is 51.7 Å². The average Bonchev–Trinajstić information content (AvgIpc) is 3.10. The van der Waals surface area contributed by atoms with Crippen molar-refractivity contribution in [2.45, 2.75) is 39.4 Å². The molecule has 1 aliphatic heterocycles. The monoisotopic (exact) mass is 386 g/mol. The lowest BCUT2D eigenvalue weighted by molar-refractivity contribution is -0.129. The van der Waals surface area contributed by atoms with E-state index in [0.717, 1.165) is 41.4 Å². The Hall–Kier alpha value is -2.18. The maximum atomic E-state index is 12.5. The number of carbonyl (C=O) groups is 1. The van der Waals surface area contributed by atoms with Crippen LogP contribution in [-0.2, 0) is 16.1 Å². The summed E-state index contributed by atoms with van der Waals surface area (Å²) in [5, 5.41) is 3.04. The first-order valence-corrected chi connectivity index (χ1v) is 10.2. The van der Waals surface area contributed by atoms with Crippen molar-refractivity contribution in [2.75, 3.05) is 19.7 Å². The van der Waals surface area contributed by atoms with Crippen LogP contribution in [-0.4, -0.2) is 41.6 Å². The second-order valence-electron chi connectivity index (χ2n) is 6.56. The van der Waals surface area contributed by atoms with E-state index in [1.54, 1.807) is 17.4 Å². The van der Waals surface area contributed by atoms with Crippen LogP contribution in [0.25, 0.3) is 6.08 Å². The van der Waals surface area contributed by atoms with Gasteiger partial charge in [0, 0.05) is 31.2 Å². The van der Waals surface area contributed by atoms with Gasteiger partial charge in [-0.25, -0.2) is 4.98 Å². The third kappa shape index (κ3) is 5.91. The Morgan fingerprint density at radius 1 is 1.44 bits per heavy atom. The summed E-state index contributed by atoms with van der Waals surface area (Å²) in [5.74, 6) is 0.799. The number of piperidine rings is 1. The van der Waals surface area contributed by atoms with Gasteiger partial charge in [-0.05, 0) is 50.5 Å². The van der Waals surface area contributed by atoms with Crippen LogP contribution in [0.5, 0.6) is 5.75 Å². The number of hydrogen-bond donors (Lipinski definition) is 0. The van der Waals surface area contributed by atoms with Gasteiger partial charge in [0.15, 0.2) is 0 Å². The molecule has 1 saturated heterocycles. The fourth-order valence-corrected chi connectivity index (χ4v) is 3.72. The Kier molecular flexibility index (Phi) is 7.01. The smallest absolute Gasteiger partial charge is 0.246 e. The third-order valence-corrected chi connectivity index (χ3v) is 5.24. The molecule has 0 bridgehead atoms. The van der Waals surface area contributed by atoms with E-state index < -0.39 is 0 Å². The number of rotatable bonds is 7. The molecule has 0 aliphatic carbocycles. The molecule has 27 heavy (non-hydrogen) atoms. The van der Waals surface area contributed by atoms with Crippen LogP contribution in [0.2, 0.25) is 0 Å². The predicted molar refractivity (Wildman–Crippen MR) is 108 cm³/mol. The number of aryl methyl sites for hydroxylation is 1. The minimum absolute atomic E-state index is 0.0312. The molecule has 1 aliphatic rings. The molecule has 0 radical (unpaired) electrons. The number of nitrogens with zero attached hydrogens (tertiary/aromatic N) is 2. The van der Waals surface area contributed by atoms with E-state index in [1.165, 1.54) is 0 Å². The van der Waals surface area contributed by atoms with Crippen LogP contribution >= 0.6 is 11.3 Å². The zero-order valence-electron chi connectivity index (χ0n) is 15.9. The number of amides is 1. The summed E-state index contributed by atoms with van der Waals surface area (Å²) in [6, 6.07) is 7.73. The first kappa shape index (κ1) is 19.6. The van der Waals surface area contributed by atoms with Crippen molar-refractivity contribution >= 4 is 23.3 Å². The maximum absolute atomic E-state index is 12.5. The summed E-state index contributed by atoms with van der Waals surface area (Å²) >= 11 is 1.62. The van der Waals surface area contributed by atoms with Crippen molar-refractivity contribution in [2.24, 2.45) is 0 Å². The normalized spacial score (nSPS) is 17.4. The largest absolute Gasteiger partial charge is 0.487 e. The molecule has 2 heterocycles. The van der Waals surface area contributed by atoms with Crippen molar-refractivity contribution in [3.05, 3.63) is 52.0 Å². The number of carbonyl (C=O) groups excluding carboxylic acids is 1. The van der Waals surface area contributed by atoms with E-state index in [2.05, 4.69) is 4.98 Å². The highest BCUT2D eigenvalue weighted by Gasteiger charge is 2.22. The van der Waals surface area contributed by atoms with Gasteiger partial charge < -0.3 is 14.4 Å². The highest BCUT2D eigenvalue weighted by molar-refractivity contribution is 7.09. The molecule has 1 aromatic carbocycles. The first-order chi connectivity index (χ1) is 13.1. The molecule has 2 aromatic rings. The van der Waals surface area contributed by atoms with Gasteiger partial charge in [0.05, 0.1) is 16.8 Å². The summed E-state index contributed by atoms with van der Waals surface area (Å²) in [6.45, 7) is 6.58. The van der Waals surface area contributed by atoms with Crippen LogP contribution < -0.4 is 4.74 Å². The fourth-order valence-electron chi connectivity index (χ4n) is 3.12. The van der Waals surface area contributed by atoms with E-state index in [9.17, 15) is 4.79 Å². The number of likely N-dealkylation sites (tertiary alicyclic amines) is 1. The number of hydrogen-bond acceptors (Lipinski definition) is 5. The highest BCUT2D eigenvalue weighted by Crippen LogP contribution is 2.18. The standard InChI is InChI=1S/C21H26N2O3S/c1-3-25-20-8-5-11-23(13-20)21(24)10-9-17-6-4-7-19(12-17)26-14-18-15-27-16(2)22-18/h4,6-7,9-10,12,15,20H,3,5,8,11,13-14H2,1-2H3/b10-9+. The van der Waals surface area contributed by atoms with E-state index in [4.69, 9.17) is 9.47 Å². The number of benzene rings is 1. The van der Waals surface area contributed by atoms with E-state index in [1.807, 2.05) is 54.5 Å². The van der Waals surface area contributed by atoms with Gasteiger partial charge in [0.2, 0.25) is 5.91 Å². The zero-order chi connectivity index (χ0) is 19.1. The molecular formula is C21H26N2O3S. The second-order valence-corrected chi connectivity index (χ2v) is 7.62. The molecule has 1 amide bonds. The maximum Gasteiger partial charge on any atom is 0.246 e. The molecule has 6 heteroatoms. The SMILES string of the molecule is CCOC1CCCN(C(=O)/C=C/c2cccc(OCc3csc(C)n3)c2)C1. The number of ether oxygens (including phenoxy) is 2. The first-order valence-electron chi connectivity index (χ1n) is 9.36. The Balaban J connectivity index is 1.55. The lowest BCUT2D eigenvalue weighted by Gasteiger charge is -2.31. The average molecular weight is 387 g/mol. The summed E-state index contributed by atoms with van der Waals surface area (Å²) in [6.07, 6.45) is 5.65. The van der Waals surface area contributed by atoms with Gasteiger partial charge in [-0.2, -0.15) is 0 Å². The van der Waals surface area contributed by atoms with Crippen molar-refractivity contribution in [3.63, 3.8) is 0 Å². The van der Waals surface area contributed by atoms with Crippen LogP contribution in [0.4, 0.5) is 0 Å². The van der Waals surface area contributed by atoms with Crippen molar-refractivity contribution < 1.29 is 14.3 Å². The quantitative estimate of drug-likeness (QED) is 0.673. The van der Waals surface area contributed by atoms with Gasteiger partial charge in [0.25, 0.3) is 0 Å². The summed E-state index contributed by atoms with van der Waals surface area (Å²) in [4.78, 5) is 18.7. The van der Waals surface area contributed by atoms with E-state index >= 15 is 0 Å². The molecule has 144 valence electrons. The summed E-state index contributed by atoms with van der Waals surface area (Å²) < 4.78 is 11.5. The van der Waals surface area contributed by atoms with Gasteiger partial charge in [-0.15, -0.1) is 11.3 Å². The molecule has 0 spiro atoms. The summed E-state index contributed by atoms with van der Waals surface area (Å²) in [7, 11) is 0.